The van der Waals surface area contributed by atoms with E-state index in [9.17, 15) is 14.7 Å². The molecule has 128 valence electrons. The molecule has 1 amide bonds. The Labute approximate surface area is 145 Å². The lowest BCUT2D eigenvalue weighted by atomic mass is 9.97. The minimum Gasteiger partial charge on any atom is -0.481 e. The number of nitrogens with zero attached hydrogens (tertiary/aromatic N) is 2. The standard InChI is InChI=1S/C19H19N3O3/c1-22-17(8-9-21-22)18(23)20-12-16(19(24)25)11-13-6-7-14-4-2-3-5-15(14)10-13/h2-10,16H,11-12H2,1H3,(H,20,23)(H,24,25). The molecule has 6 nitrogen and oxygen atoms in total. The van der Waals surface area contributed by atoms with E-state index in [0.717, 1.165) is 16.3 Å². The number of carboxylic acid groups (broad SMARTS) is 1. The molecule has 1 unspecified atom stereocenters. The van der Waals surface area contributed by atoms with E-state index in [4.69, 9.17) is 0 Å². The lowest BCUT2D eigenvalue weighted by Crippen LogP contribution is -2.34. The fourth-order valence-corrected chi connectivity index (χ4v) is 2.80. The van der Waals surface area contributed by atoms with Gasteiger partial charge in [0.15, 0.2) is 0 Å². The number of rotatable bonds is 6. The van der Waals surface area contributed by atoms with E-state index in [1.807, 2.05) is 42.5 Å². The molecule has 3 rings (SSSR count). The normalized spacial score (nSPS) is 12.0. The second kappa shape index (κ2) is 7.17. The van der Waals surface area contributed by atoms with Crippen molar-refractivity contribution in [1.29, 1.82) is 0 Å². The van der Waals surface area contributed by atoms with Crippen LogP contribution in [0.25, 0.3) is 10.8 Å². The van der Waals surface area contributed by atoms with Crippen molar-refractivity contribution in [2.24, 2.45) is 13.0 Å². The highest BCUT2D eigenvalue weighted by atomic mass is 16.4. The number of benzene rings is 2. The first-order chi connectivity index (χ1) is 12.0. The topological polar surface area (TPSA) is 84.2 Å². The summed E-state index contributed by atoms with van der Waals surface area (Å²) < 4.78 is 1.45. The van der Waals surface area contributed by atoms with Crippen LogP contribution in [0, 0.1) is 5.92 Å². The van der Waals surface area contributed by atoms with E-state index in [1.165, 1.54) is 10.9 Å². The summed E-state index contributed by atoms with van der Waals surface area (Å²) in [5.41, 5.74) is 1.33. The van der Waals surface area contributed by atoms with Gasteiger partial charge in [-0.1, -0.05) is 42.5 Å². The van der Waals surface area contributed by atoms with Gasteiger partial charge in [-0.2, -0.15) is 5.10 Å². The number of nitrogens with one attached hydrogen (secondary N) is 1. The zero-order valence-corrected chi connectivity index (χ0v) is 13.8. The van der Waals surface area contributed by atoms with Gasteiger partial charge in [0.05, 0.1) is 5.92 Å². The molecule has 0 aliphatic rings. The van der Waals surface area contributed by atoms with E-state index in [-0.39, 0.29) is 12.5 Å². The van der Waals surface area contributed by atoms with E-state index < -0.39 is 11.9 Å². The van der Waals surface area contributed by atoms with Gasteiger partial charge in [-0.15, -0.1) is 0 Å². The average Bonchev–Trinajstić information content (AvgIpc) is 3.04. The number of aromatic nitrogens is 2. The maximum absolute atomic E-state index is 12.1. The van der Waals surface area contributed by atoms with E-state index in [0.29, 0.717) is 12.1 Å². The minimum atomic E-state index is -0.932. The third-order valence-electron chi connectivity index (χ3n) is 4.21. The zero-order valence-electron chi connectivity index (χ0n) is 13.8. The largest absolute Gasteiger partial charge is 0.481 e. The molecule has 0 aliphatic heterocycles. The van der Waals surface area contributed by atoms with Gasteiger partial charge in [-0.05, 0) is 28.8 Å². The van der Waals surface area contributed by atoms with Crippen molar-refractivity contribution in [2.75, 3.05) is 6.54 Å². The van der Waals surface area contributed by atoms with Gasteiger partial charge in [-0.25, -0.2) is 0 Å². The molecule has 0 aliphatic carbocycles. The number of hydrogen-bond donors (Lipinski definition) is 2. The lowest BCUT2D eigenvalue weighted by molar-refractivity contribution is -0.141. The summed E-state index contributed by atoms with van der Waals surface area (Å²) in [5, 5.41) is 18.3. The summed E-state index contributed by atoms with van der Waals surface area (Å²) in [4.78, 5) is 23.7. The molecule has 25 heavy (non-hydrogen) atoms. The Balaban J connectivity index is 1.69. The molecule has 1 heterocycles. The maximum Gasteiger partial charge on any atom is 0.308 e. The predicted molar refractivity (Wildman–Crippen MR) is 94.3 cm³/mol. The maximum atomic E-state index is 12.1. The average molecular weight is 337 g/mol. The summed E-state index contributed by atoms with van der Waals surface area (Å²) in [6, 6.07) is 15.4. The quantitative estimate of drug-likeness (QED) is 0.722. The number of fused-ring (bicyclic) bond motifs is 1. The first-order valence-electron chi connectivity index (χ1n) is 8.01. The van der Waals surface area contributed by atoms with Crippen molar-refractivity contribution in [2.45, 2.75) is 6.42 Å². The van der Waals surface area contributed by atoms with E-state index in [2.05, 4.69) is 10.4 Å². The Morgan fingerprint density at radius 1 is 1.16 bits per heavy atom. The van der Waals surface area contributed by atoms with Crippen molar-refractivity contribution < 1.29 is 14.7 Å². The predicted octanol–water partition coefficient (Wildman–Crippen LogP) is 2.25. The highest BCUT2D eigenvalue weighted by Crippen LogP contribution is 2.18. The zero-order chi connectivity index (χ0) is 17.8. The van der Waals surface area contributed by atoms with Crippen LogP contribution >= 0.6 is 0 Å². The molecule has 6 heteroatoms. The summed E-state index contributed by atoms with van der Waals surface area (Å²) in [6.45, 7) is 0.0617. The lowest BCUT2D eigenvalue weighted by Gasteiger charge is -2.14. The molecule has 1 atom stereocenters. The Kier molecular flexibility index (Phi) is 4.79. The minimum absolute atomic E-state index is 0.0617. The fourth-order valence-electron chi connectivity index (χ4n) is 2.80. The first-order valence-corrected chi connectivity index (χ1v) is 8.01. The Bertz CT molecular complexity index is 917. The van der Waals surface area contributed by atoms with Crippen LogP contribution in [0.3, 0.4) is 0 Å². The van der Waals surface area contributed by atoms with Gasteiger partial charge in [0.2, 0.25) is 0 Å². The SMILES string of the molecule is Cn1nccc1C(=O)NCC(Cc1ccc2ccccc2c1)C(=O)O. The van der Waals surface area contributed by atoms with Crippen LogP contribution in [0.5, 0.6) is 0 Å². The summed E-state index contributed by atoms with van der Waals surface area (Å²) in [7, 11) is 1.67. The second-order valence-corrected chi connectivity index (χ2v) is 5.97. The van der Waals surface area contributed by atoms with Gasteiger partial charge < -0.3 is 10.4 Å². The van der Waals surface area contributed by atoms with Crippen LogP contribution in [0.2, 0.25) is 0 Å². The summed E-state index contributed by atoms with van der Waals surface area (Å²) in [5.74, 6) is -1.96. The van der Waals surface area contributed by atoms with Crippen LogP contribution in [0.15, 0.2) is 54.7 Å². The third-order valence-corrected chi connectivity index (χ3v) is 4.21. The van der Waals surface area contributed by atoms with Gasteiger partial charge >= 0.3 is 5.97 Å². The fraction of sp³-hybridized carbons (Fsp3) is 0.211. The van der Waals surface area contributed by atoms with Crippen molar-refractivity contribution in [3.05, 3.63) is 66.0 Å². The number of amides is 1. The number of aliphatic carboxylic acids is 1. The van der Waals surface area contributed by atoms with Gasteiger partial charge in [0.1, 0.15) is 5.69 Å². The van der Waals surface area contributed by atoms with Crippen LogP contribution < -0.4 is 5.32 Å². The Morgan fingerprint density at radius 2 is 1.92 bits per heavy atom. The number of carboxylic acids is 1. The highest BCUT2D eigenvalue weighted by molar-refractivity contribution is 5.92. The van der Waals surface area contributed by atoms with E-state index >= 15 is 0 Å². The molecule has 0 saturated heterocycles. The third kappa shape index (κ3) is 3.85. The Hall–Kier alpha value is -3.15. The van der Waals surface area contributed by atoms with Crippen molar-refractivity contribution in [1.82, 2.24) is 15.1 Å². The number of carbonyl (C=O) groups is 2. The molecule has 0 spiro atoms. The number of aryl methyl sites for hydroxylation is 1. The van der Waals surface area contributed by atoms with E-state index in [1.54, 1.807) is 13.1 Å². The van der Waals surface area contributed by atoms with Gasteiger partial charge in [0, 0.05) is 19.8 Å². The van der Waals surface area contributed by atoms with Crippen LogP contribution in [0.1, 0.15) is 16.1 Å². The molecule has 0 saturated carbocycles. The number of carbonyl (C=O) groups excluding carboxylic acids is 1. The summed E-state index contributed by atoms with van der Waals surface area (Å²) in [6.07, 6.45) is 1.88. The number of hydrogen-bond acceptors (Lipinski definition) is 3. The van der Waals surface area contributed by atoms with Gasteiger partial charge in [0.25, 0.3) is 5.91 Å². The molecule has 1 aromatic heterocycles. The highest BCUT2D eigenvalue weighted by Gasteiger charge is 2.20. The summed E-state index contributed by atoms with van der Waals surface area (Å²) >= 11 is 0. The molecule has 0 fully saturated rings. The molecule has 0 radical (unpaired) electrons. The Morgan fingerprint density at radius 3 is 2.60 bits per heavy atom. The molecule has 3 aromatic rings. The molecular formula is C19H19N3O3. The second-order valence-electron chi connectivity index (χ2n) is 5.97. The smallest absolute Gasteiger partial charge is 0.308 e. The molecule has 2 aromatic carbocycles. The van der Waals surface area contributed by atoms with Crippen LogP contribution in [-0.4, -0.2) is 33.3 Å². The van der Waals surface area contributed by atoms with Crippen LogP contribution in [0.4, 0.5) is 0 Å². The molecule has 2 N–H and O–H groups in total. The first kappa shape index (κ1) is 16.7. The van der Waals surface area contributed by atoms with Crippen molar-refractivity contribution >= 4 is 22.6 Å². The van der Waals surface area contributed by atoms with Crippen molar-refractivity contribution in [3.8, 4) is 0 Å². The molecule has 0 bridgehead atoms. The van der Waals surface area contributed by atoms with Crippen LogP contribution in [-0.2, 0) is 18.3 Å². The van der Waals surface area contributed by atoms with Gasteiger partial charge in [-0.3, -0.25) is 14.3 Å². The van der Waals surface area contributed by atoms with Crippen molar-refractivity contribution in [3.63, 3.8) is 0 Å². The monoisotopic (exact) mass is 337 g/mol. The molecular weight excluding hydrogens is 318 g/mol.